The van der Waals surface area contributed by atoms with E-state index in [1.54, 1.807) is 41.9 Å². The largest absolute Gasteiger partial charge is 0.423 e. The van der Waals surface area contributed by atoms with Crippen LogP contribution in [0.1, 0.15) is 5.56 Å². The molecule has 0 fully saturated rings. The van der Waals surface area contributed by atoms with Gasteiger partial charge in [0.2, 0.25) is 0 Å². The van der Waals surface area contributed by atoms with Crippen molar-refractivity contribution < 1.29 is 4.42 Å². The number of hydrogen-bond donors (Lipinski definition) is 0. The number of benzene rings is 2. The molecule has 0 aliphatic rings. The highest BCUT2D eigenvalue weighted by Gasteiger charge is 2.20. The minimum Gasteiger partial charge on any atom is -0.423 e. The molecule has 0 aliphatic heterocycles. The summed E-state index contributed by atoms with van der Waals surface area (Å²) in [4.78, 5) is 30.4. The zero-order chi connectivity index (χ0) is 20.1. The average Bonchev–Trinajstić information content (AvgIpc) is 3.30. The number of nitrogens with zero attached hydrogens (tertiary/aromatic N) is 4. The molecule has 0 amide bonds. The highest BCUT2D eigenvalue weighted by molar-refractivity contribution is 6.30. The van der Waals surface area contributed by atoms with Gasteiger partial charge in [-0.05, 0) is 17.7 Å². The molecule has 144 valence electrons. The van der Waals surface area contributed by atoms with E-state index in [9.17, 15) is 9.59 Å². The van der Waals surface area contributed by atoms with Gasteiger partial charge in [-0.15, -0.1) is 0 Å². The molecule has 2 aromatic carbocycles. The summed E-state index contributed by atoms with van der Waals surface area (Å²) in [5, 5.41) is 0.591. The highest BCUT2D eigenvalue weighted by atomic mass is 35.5. The van der Waals surface area contributed by atoms with Crippen molar-refractivity contribution in [2.75, 3.05) is 0 Å². The van der Waals surface area contributed by atoms with Gasteiger partial charge in [-0.3, -0.25) is 18.3 Å². The fraction of sp³-hybridized carbons (Fsp3) is 0.0952. The van der Waals surface area contributed by atoms with Gasteiger partial charge in [0.1, 0.15) is 0 Å². The Morgan fingerprint density at radius 3 is 2.48 bits per heavy atom. The number of oxazole rings is 1. The number of aryl methyl sites for hydroxylation is 1. The third-order valence-electron chi connectivity index (χ3n) is 4.90. The van der Waals surface area contributed by atoms with E-state index in [-0.39, 0.29) is 18.0 Å². The second-order valence-electron chi connectivity index (χ2n) is 6.76. The molecule has 5 rings (SSSR count). The molecule has 0 saturated carbocycles. The molecule has 0 aliphatic carbocycles. The number of imidazole rings is 1. The van der Waals surface area contributed by atoms with Crippen molar-refractivity contribution in [3.05, 3.63) is 92.2 Å². The van der Waals surface area contributed by atoms with Crippen LogP contribution in [0.5, 0.6) is 0 Å². The van der Waals surface area contributed by atoms with Crippen LogP contribution in [0.2, 0.25) is 5.02 Å². The number of fused-ring (bicyclic) bond motifs is 3. The summed E-state index contributed by atoms with van der Waals surface area (Å²) in [6, 6.07) is 16.6. The third kappa shape index (κ3) is 2.78. The first-order valence-corrected chi connectivity index (χ1v) is 9.32. The minimum absolute atomic E-state index is 0.134. The third-order valence-corrected chi connectivity index (χ3v) is 5.16. The van der Waals surface area contributed by atoms with Crippen LogP contribution >= 0.6 is 11.6 Å². The molecule has 0 saturated heterocycles. The molecule has 0 spiro atoms. The van der Waals surface area contributed by atoms with Crippen molar-refractivity contribution in [1.82, 2.24) is 18.5 Å². The lowest BCUT2D eigenvalue weighted by atomic mass is 10.2. The zero-order valence-electron chi connectivity index (χ0n) is 15.4. The van der Waals surface area contributed by atoms with E-state index >= 15 is 0 Å². The summed E-state index contributed by atoms with van der Waals surface area (Å²) in [7, 11) is 1.59. The van der Waals surface area contributed by atoms with Gasteiger partial charge in [-0.1, -0.05) is 54.1 Å². The van der Waals surface area contributed by atoms with Gasteiger partial charge >= 0.3 is 11.5 Å². The summed E-state index contributed by atoms with van der Waals surface area (Å²) in [5.74, 6) is 0.850. The van der Waals surface area contributed by atoms with Gasteiger partial charge in [-0.2, -0.15) is 4.98 Å². The fourth-order valence-corrected chi connectivity index (χ4v) is 3.53. The highest BCUT2D eigenvalue weighted by Crippen LogP contribution is 2.24. The van der Waals surface area contributed by atoms with Crippen molar-refractivity contribution in [1.29, 1.82) is 0 Å². The Bertz CT molecular complexity index is 1470. The molecule has 0 radical (unpaired) electrons. The summed E-state index contributed by atoms with van der Waals surface area (Å²) in [6.07, 6.45) is 1.72. The average molecular weight is 407 g/mol. The van der Waals surface area contributed by atoms with Crippen molar-refractivity contribution in [2.45, 2.75) is 6.54 Å². The van der Waals surface area contributed by atoms with Gasteiger partial charge in [0.05, 0.1) is 12.7 Å². The lowest BCUT2D eigenvalue weighted by Crippen LogP contribution is -2.39. The Hall–Kier alpha value is -3.58. The molecule has 8 heteroatoms. The maximum atomic E-state index is 13.2. The summed E-state index contributed by atoms with van der Waals surface area (Å²) in [6.45, 7) is 0.134. The van der Waals surface area contributed by atoms with Crippen LogP contribution in [0.4, 0.5) is 0 Å². The molecule has 7 nitrogen and oxygen atoms in total. The fourth-order valence-electron chi connectivity index (χ4n) is 3.40. The number of halogens is 1. The Morgan fingerprint density at radius 2 is 1.76 bits per heavy atom. The predicted molar refractivity (Wildman–Crippen MR) is 110 cm³/mol. The molecule has 0 atom stereocenters. The van der Waals surface area contributed by atoms with Crippen molar-refractivity contribution >= 4 is 28.6 Å². The molecule has 3 aromatic heterocycles. The van der Waals surface area contributed by atoms with E-state index in [0.29, 0.717) is 16.3 Å². The molecule has 29 heavy (non-hydrogen) atoms. The molecular formula is C21H15ClN4O3. The van der Waals surface area contributed by atoms with Crippen molar-refractivity contribution in [3.8, 4) is 11.3 Å². The number of aromatic nitrogens is 4. The summed E-state index contributed by atoms with van der Waals surface area (Å²) in [5.41, 5.74) is 1.38. The lowest BCUT2D eigenvalue weighted by Gasteiger charge is -2.08. The van der Waals surface area contributed by atoms with Gasteiger partial charge in [-0.25, -0.2) is 4.79 Å². The maximum Gasteiger partial charge on any atom is 0.332 e. The topological polar surface area (TPSA) is 74.4 Å². The zero-order valence-corrected chi connectivity index (χ0v) is 16.1. The first kappa shape index (κ1) is 17.5. The van der Waals surface area contributed by atoms with Crippen LogP contribution in [0.15, 0.2) is 74.8 Å². The first-order chi connectivity index (χ1) is 14.0. The quantitative estimate of drug-likeness (QED) is 0.460. The molecule has 3 heterocycles. The van der Waals surface area contributed by atoms with E-state index in [1.807, 2.05) is 30.3 Å². The van der Waals surface area contributed by atoms with E-state index in [2.05, 4.69) is 4.98 Å². The predicted octanol–water partition coefficient (Wildman–Crippen LogP) is 3.31. The van der Waals surface area contributed by atoms with Gasteiger partial charge in [0.15, 0.2) is 16.9 Å². The molecule has 5 aromatic rings. The minimum atomic E-state index is -0.443. The van der Waals surface area contributed by atoms with E-state index in [4.69, 9.17) is 16.0 Å². The number of hydrogen-bond acceptors (Lipinski definition) is 4. The van der Waals surface area contributed by atoms with Crippen molar-refractivity contribution in [2.24, 2.45) is 7.05 Å². The molecule has 0 bridgehead atoms. The Morgan fingerprint density at radius 1 is 1.03 bits per heavy atom. The van der Waals surface area contributed by atoms with Crippen LogP contribution in [-0.4, -0.2) is 18.5 Å². The van der Waals surface area contributed by atoms with Gasteiger partial charge < -0.3 is 4.42 Å². The van der Waals surface area contributed by atoms with E-state index in [0.717, 1.165) is 11.1 Å². The maximum absolute atomic E-state index is 13.2. The van der Waals surface area contributed by atoms with Crippen LogP contribution in [0, 0.1) is 0 Å². The standard InChI is InChI=1S/C21H15ClN4O3/c1-24-18-17(19(27)26(21(24)28)11-13-7-9-15(22)10-8-13)25-12-16(29-20(25)23-18)14-5-3-2-4-6-14/h2-10,12H,11H2,1H3. The van der Waals surface area contributed by atoms with Gasteiger partial charge in [0.25, 0.3) is 5.56 Å². The van der Waals surface area contributed by atoms with Crippen LogP contribution in [0.25, 0.3) is 28.3 Å². The van der Waals surface area contributed by atoms with Crippen LogP contribution < -0.4 is 11.2 Å². The number of rotatable bonds is 3. The van der Waals surface area contributed by atoms with E-state index in [1.165, 1.54) is 9.13 Å². The van der Waals surface area contributed by atoms with Crippen LogP contribution in [0.3, 0.4) is 0 Å². The van der Waals surface area contributed by atoms with Gasteiger partial charge in [0, 0.05) is 17.6 Å². The Kier molecular flexibility index (Phi) is 3.92. The van der Waals surface area contributed by atoms with E-state index < -0.39 is 11.2 Å². The first-order valence-electron chi connectivity index (χ1n) is 8.94. The monoisotopic (exact) mass is 406 g/mol. The Balaban J connectivity index is 1.73. The lowest BCUT2D eigenvalue weighted by molar-refractivity contribution is 0.610. The summed E-state index contributed by atoms with van der Waals surface area (Å²) >= 11 is 5.93. The normalized spacial score (nSPS) is 11.5. The van der Waals surface area contributed by atoms with Crippen LogP contribution in [-0.2, 0) is 13.6 Å². The molecule has 0 unspecified atom stereocenters. The smallest absolute Gasteiger partial charge is 0.332 e. The molecule has 0 N–H and O–H groups in total. The van der Waals surface area contributed by atoms with Crippen molar-refractivity contribution in [3.63, 3.8) is 0 Å². The molecular weight excluding hydrogens is 392 g/mol. The second-order valence-corrected chi connectivity index (χ2v) is 7.19. The Labute approximate surface area is 169 Å². The SMILES string of the molecule is Cn1c(=O)n(Cc2ccc(Cl)cc2)c(=O)c2c1nc1oc(-c3ccccc3)cn12. The summed E-state index contributed by atoms with van der Waals surface area (Å²) < 4.78 is 9.98. The second kappa shape index (κ2) is 6.49.